The van der Waals surface area contributed by atoms with Crippen molar-refractivity contribution in [3.05, 3.63) is 11.9 Å². The molecule has 16 heavy (non-hydrogen) atoms. The second-order valence-corrected chi connectivity index (χ2v) is 4.66. The molecule has 1 unspecified atom stereocenters. The van der Waals surface area contributed by atoms with Crippen molar-refractivity contribution in [2.24, 2.45) is 0 Å². The summed E-state index contributed by atoms with van der Waals surface area (Å²) >= 11 is 3.48. The molecule has 0 aromatic carbocycles. The molecule has 2 rings (SSSR count). The first-order valence-electron chi connectivity index (χ1n) is 5.55. The van der Waals surface area contributed by atoms with Crippen LogP contribution in [0.2, 0.25) is 0 Å². The summed E-state index contributed by atoms with van der Waals surface area (Å²) in [6.45, 7) is 0.821. The average Bonchev–Trinajstić information content (AvgIpc) is 2.73. The SMILES string of the molecule is O=C(c1cn[nH]n1)N1CCCCCC1CBr. The van der Waals surface area contributed by atoms with Gasteiger partial charge in [-0.3, -0.25) is 4.79 Å². The van der Waals surface area contributed by atoms with Gasteiger partial charge in [0.1, 0.15) is 0 Å². The molecule has 0 spiro atoms. The fraction of sp³-hybridized carbons (Fsp3) is 0.700. The number of likely N-dealkylation sites (tertiary alicyclic amines) is 1. The molecule has 1 fully saturated rings. The Morgan fingerprint density at radius 2 is 2.44 bits per heavy atom. The van der Waals surface area contributed by atoms with Crippen LogP contribution in [0.5, 0.6) is 0 Å². The van der Waals surface area contributed by atoms with Crippen LogP contribution in [0.25, 0.3) is 0 Å². The van der Waals surface area contributed by atoms with Gasteiger partial charge in [-0.2, -0.15) is 15.4 Å². The van der Waals surface area contributed by atoms with Gasteiger partial charge in [0.05, 0.1) is 6.20 Å². The van der Waals surface area contributed by atoms with E-state index in [4.69, 9.17) is 0 Å². The number of aromatic amines is 1. The Balaban J connectivity index is 2.13. The molecule has 5 nitrogen and oxygen atoms in total. The molecule has 0 aliphatic carbocycles. The van der Waals surface area contributed by atoms with Crippen LogP contribution in [0.1, 0.15) is 36.2 Å². The Hall–Kier alpha value is -0.910. The highest BCUT2D eigenvalue weighted by Crippen LogP contribution is 2.19. The number of aromatic nitrogens is 3. The minimum absolute atomic E-state index is 0.0138. The van der Waals surface area contributed by atoms with Crippen molar-refractivity contribution < 1.29 is 4.79 Å². The molecule has 1 amide bonds. The van der Waals surface area contributed by atoms with E-state index in [1.54, 1.807) is 0 Å². The second-order valence-electron chi connectivity index (χ2n) is 4.01. The summed E-state index contributed by atoms with van der Waals surface area (Å²) in [6.07, 6.45) is 6.02. The van der Waals surface area contributed by atoms with E-state index in [-0.39, 0.29) is 11.9 Å². The highest BCUT2D eigenvalue weighted by Gasteiger charge is 2.26. The smallest absolute Gasteiger partial charge is 0.276 e. The Labute approximate surface area is 103 Å². The zero-order chi connectivity index (χ0) is 11.4. The van der Waals surface area contributed by atoms with Gasteiger partial charge in [0.2, 0.25) is 0 Å². The summed E-state index contributed by atoms with van der Waals surface area (Å²) in [4.78, 5) is 14.1. The molecule has 1 saturated heterocycles. The van der Waals surface area contributed by atoms with Crippen LogP contribution in [0.15, 0.2) is 6.20 Å². The molecular formula is C10H15BrN4O. The van der Waals surface area contributed by atoms with E-state index in [1.165, 1.54) is 19.0 Å². The Morgan fingerprint density at radius 3 is 3.12 bits per heavy atom. The van der Waals surface area contributed by atoms with Crippen LogP contribution >= 0.6 is 15.9 Å². The number of halogens is 1. The van der Waals surface area contributed by atoms with E-state index < -0.39 is 0 Å². The van der Waals surface area contributed by atoms with E-state index >= 15 is 0 Å². The van der Waals surface area contributed by atoms with Gasteiger partial charge in [-0.25, -0.2) is 0 Å². The lowest BCUT2D eigenvalue weighted by Crippen LogP contribution is -2.41. The molecule has 0 radical (unpaired) electrons. The Morgan fingerprint density at radius 1 is 1.56 bits per heavy atom. The van der Waals surface area contributed by atoms with Crippen LogP contribution < -0.4 is 0 Å². The van der Waals surface area contributed by atoms with Gasteiger partial charge in [0.15, 0.2) is 5.69 Å². The van der Waals surface area contributed by atoms with Crippen molar-refractivity contribution in [1.29, 1.82) is 0 Å². The largest absolute Gasteiger partial charge is 0.333 e. The van der Waals surface area contributed by atoms with Crippen molar-refractivity contribution in [3.8, 4) is 0 Å². The van der Waals surface area contributed by atoms with Crippen LogP contribution in [0, 0.1) is 0 Å². The van der Waals surface area contributed by atoms with Crippen molar-refractivity contribution in [1.82, 2.24) is 20.3 Å². The summed E-state index contributed by atoms with van der Waals surface area (Å²) in [5.41, 5.74) is 0.410. The molecule has 0 bridgehead atoms. The van der Waals surface area contributed by atoms with Crippen molar-refractivity contribution in [2.75, 3.05) is 11.9 Å². The maximum atomic E-state index is 12.2. The first-order valence-corrected chi connectivity index (χ1v) is 6.68. The highest BCUT2D eigenvalue weighted by atomic mass is 79.9. The lowest BCUT2D eigenvalue weighted by Gasteiger charge is -2.27. The van der Waals surface area contributed by atoms with Gasteiger partial charge >= 0.3 is 0 Å². The van der Waals surface area contributed by atoms with Gasteiger partial charge in [-0.15, -0.1) is 0 Å². The van der Waals surface area contributed by atoms with Crippen LogP contribution in [-0.4, -0.2) is 44.1 Å². The predicted octanol–water partition coefficient (Wildman–Crippen LogP) is 1.58. The Kier molecular flexibility index (Phi) is 3.93. The summed E-state index contributed by atoms with van der Waals surface area (Å²) in [5, 5.41) is 10.8. The van der Waals surface area contributed by atoms with Gasteiger partial charge in [0.25, 0.3) is 5.91 Å². The monoisotopic (exact) mass is 286 g/mol. The number of hydrogen-bond acceptors (Lipinski definition) is 3. The normalized spacial score (nSPS) is 21.8. The van der Waals surface area contributed by atoms with E-state index in [1.807, 2.05) is 4.90 Å². The first-order chi connectivity index (χ1) is 7.83. The summed E-state index contributed by atoms with van der Waals surface area (Å²) in [7, 11) is 0. The summed E-state index contributed by atoms with van der Waals surface area (Å²) < 4.78 is 0. The third-order valence-electron chi connectivity index (χ3n) is 2.95. The number of rotatable bonds is 2. The topological polar surface area (TPSA) is 61.9 Å². The van der Waals surface area contributed by atoms with Crippen molar-refractivity contribution in [2.45, 2.75) is 31.7 Å². The highest BCUT2D eigenvalue weighted by molar-refractivity contribution is 9.09. The molecule has 6 heteroatoms. The number of carbonyl (C=O) groups excluding carboxylic acids is 1. The quantitative estimate of drug-likeness (QED) is 0.840. The van der Waals surface area contributed by atoms with E-state index in [9.17, 15) is 4.79 Å². The first kappa shape index (κ1) is 11.6. The summed E-state index contributed by atoms with van der Waals surface area (Å²) in [5.74, 6) is -0.0138. The van der Waals surface area contributed by atoms with Crippen LogP contribution in [-0.2, 0) is 0 Å². The zero-order valence-corrected chi connectivity index (χ0v) is 10.6. The molecule has 1 aliphatic heterocycles. The second kappa shape index (κ2) is 5.43. The van der Waals surface area contributed by atoms with Crippen molar-refractivity contribution in [3.63, 3.8) is 0 Å². The lowest BCUT2D eigenvalue weighted by atomic mass is 10.1. The van der Waals surface area contributed by atoms with Gasteiger partial charge in [0, 0.05) is 17.9 Å². The minimum Gasteiger partial charge on any atom is -0.333 e. The minimum atomic E-state index is -0.0138. The summed E-state index contributed by atoms with van der Waals surface area (Å²) in [6, 6.07) is 0.284. The lowest BCUT2D eigenvalue weighted by molar-refractivity contribution is 0.0696. The molecule has 0 saturated carbocycles. The number of hydrogen-bond donors (Lipinski definition) is 1. The number of nitrogens with one attached hydrogen (secondary N) is 1. The molecule has 1 aliphatic rings. The number of carbonyl (C=O) groups is 1. The van der Waals surface area contributed by atoms with Crippen LogP contribution in [0.3, 0.4) is 0 Å². The standard InChI is InChI=1S/C10H15BrN4O/c11-6-8-4-2-1-3-5-15(8)10(16)9-7-12-14-13-9/h7-8H,1-6H2,(H,12,13,14). The maximum absolute atomic E-state index is 12.2. The fourth-order valence-electron chi connectivity index (χ4n) is 2.06. The Bertz CT molecular complexity index is 341. The number of nitrogens with zero attached hydrogens (tertiary/aromatic N) is 3. The number of H-pyrrole nitrogens is 1. The molecule has 1 atom stereocenters. The molecular weight excluding hydrogens is 272 g/mol. The van der Waals surface area contributed by atoms with E-state index in [2.05, 4.69) is 31.3 Å². The zero-order valence-electron chi connectivity index (χ0n) is 9.03. The van der Waals surface area contributed by atoms with Gasteiger partial charge in [-0.1, -0.05) is 28.8 Å². The number of alkyl halides is 1. The average molecular weight is 287 g/mol. The fourth-order valence-corrected chi connectivity index (χ4v) is 2.73. The predicted molar refractivity (Wildman–Crippen MR) is 63.5 cm³/mol. The molecule has 2 heterocycles. The molecule has 1 aromatic rings. The molecule has 88 valence electrons. The van der Waals surface area contributed by atoms with Gasteiger partial charge < -0.3 is 4.90 Å². The third kappa shape index (κ3) is 2.42. The van der Waals surface area contributed by atoms with Crippen molar-refractivity contribution >= 4 is 21.8 Å². The van der Waals surface area contributed by atoms with Crippen LogP contribution in [0.4, 0.5) is 0 Å². The van der Waals surface area contributed by atoms with Gasteiger partial charge in [-0.05, 0) is 12.8 Å². The molecule has 1 aromatic heterocycles. The van der Waals surface area contributed by atoms with E-state index in [0.717, 1.165) is 24.7 Å². The van der Waals surface area contributed by atoms with E-state index in [0.29, 0.717) is 5.69 Å². The number of amides is 1. The molecule has 1 N–H and O–H groups in total. The third-order valence-corrected chi connectivity index (χ3v) is 3.70. The maximum Gasteiger partial charge on any atom is 0.276 e.